The number of amides is 1. The van der Waals surface area contributed by atoms with Gasteiger partial charge in [-0.05, 0) is 38.1 Å². The molecule has 5 heteroatoms. The molecule has 0 spiro atoms. The van der Waals surface area contributed by atoms with Crippen LogP contribution < -0.4 is 5.73 Å². The van der Waals surface area contributed by atoms with Crippen LogP contribution in [-0.2, 0) is 9.59 Å². The zero-order valence-corrected chi connectivity index (χ0v) is 9.97. The maximum Gasteiger partial charge on any atom is 0.308 e. The van der Waals surface area contributed by atoms with E-state index in [0.717, 1.165) is 38.6 Å². The topological polar surface area (TPSA) is 83.6 Å². The fraction of sp³-hybridized carbons (Fsp3) is 0.833. The van der Waals surface area contributed by atoms with Gasteiger partial charge in [0.2, 0.25) is 5.91 Å². The van der Waals surface area contributed by atoms with Crippen molar-refractivity contribution in [3.8, 4) is 0 Å². The van der Waals surface area contributed by atoms with Crippen LogP contribution in [-0.4, -0.2) is 41.0 Å². The Bertz CT molecular complexity index is 315. The summed E-state index contributed by atoms with van der Waals surface area (Å²) in [6.07, 6.45) is 4.79. The van der Waals surface area contributed by atoms with E-state index in [2.05, 4.69) is 0 Å². The molecule has 5 nitrogen and oxygen atoms in total. The second kappa shape index (κ2) is 5.04. The van der Waals surface area contributed by atoms with Crippen molar-refractivity contribution in [2.75, 3.05) is 13.1 Å². The molecule has 1 amide bonds. The highest BCUT2D eigenvalue weighted by atomic mass is 16.4. The summed E-state index contributed by atoms with van der Waals surface area (Å²) in [6, 6.07) is 0.0162. The normalized spacial score (nSPS) is 30.8. The van der Waals surface area contributed by atoms with Crippen LogP contribution in [0.4, 0.5) is 0 Å². The standard InChI is InChI=1S/C12H20N2O3/c13-10(15)7-14-6-2-1-3-9(12(16)17)11(14)8-4-5-8/h8-9,11H,1-7H2,(H2,13,15)(H,16,17)/t9-,11+/m0/s1. The number of carboxylic acids is 1. The number of carbonyl (C=O) groups excluding carboxylic acids is 1. The van der Waals surface area contributed by atoms with E-state index in [-0.39, 0.29) is 24.4 Å². The number of hydrogen-bond acceptors (Lipinski definition) is 3. The average Bonchev–Trinajstić information content (AvgIpc) is 3.01. The maximum absolute atomic E-state index is 11.3. The number of hydrogen-bond donors (Lipinski definition) is 2. The van der Waals surface area contributed by atoms with E-state index in [1.165, 1.54) is 0 Å². The van der Waals surface area contributed by atoms with Gasteiger partial charge in [-0.15, -0.1) is 0 Å². The van der Waals surface area contributed by atoms with Crippen LogP contribution in [0, 0.1) is 11.8 Å². The van der Waals surface area contributed by atoms with Crippen LogP contribution in [0.5, 0.6) is 0 Å². The SMILES string of the molecule is NC(=O)CN1CCCC[C@H](C(=O)O)[C@H]1C1CC1. The van der Waals surface area contributed by atoms with Gasteiger partial charge in [-0.2, -0.15) is 0 Å². The number of carboxylic acid groups (broad SMARTS) is 1. The minimum atomic E-state index is -0.724. The first-order valence-corrected chi connectivity index (χ1v) is 6.34. The molecule has 0 aromatic rings. The molecule has 2 rings (SSSR count). The van der Waals surface area contributed by atoms with Crippen molar-refractivity contribution in [2.45, 2.75) is 38.1 Å². The molecule has 2 aliphatic rings. The van der Waals surface area contributed by atoms with Crippen LogP contribution in [0.1, 0.15) is 32.1 Å². The molecule has 1 aliphatic carbocycles. The van der Waals surface area contributed by atoms with Crippen molar-refractivity contribution >= 4 is 11.9 Å². The molecule has 0 radical (unpaired) electrons. The Morgan fingerprint density at radius 1 is 1.24 bits per heavy atom. The van der Waals surface area contributed by atoms with E-state index in [4.69, 9.17) is 5.73 Å². The third-order valence-electron chi connectivity index (χ3n) is 3.83. The van der Waals surface area contributed by atoms with Crippen molar-refractivity contribution in [3.63, 3.8) is 0 Å². The number of carbonyl (C=O) groups is 2. The number of likely N-dealkylation sites (tertiary alicyclic amines) is 1. The van der Waals surface area contributed by atoms with Gasteiger partial charge >= 0.3 is 5.97 Å². The molecule has 1 saturated carbocycles. The van der Waals surface area contributed by atoms with Crippen LogP contribution in [0.3, 0.4) is 0 Å². The number of rotatable bonds is 4. The van der Waals surface area contributed by atoms with E-state index >= 15 is 0 Å². The van der Waals surface area contributed by atoms with Gasteiger partial charge in [0.1, 0.15) is 0 Å². The van der Waals surface area contributed by atoms with Crippen molar-refractivity contribution in [3.05, 3.63) is 0 Å². The first kappa shape index (κ1) is 12.4. The van der Waals surface area contributed by atoms with Gasteiger partial charge < -0.3 is 10.8 Å². The summed E-state index contributed by atoms with van der Waals surface area (Å²) in [5.41, 5.74) is 5.25. The largest absolute Gasteiger partial charge is 0.481 e. The van der Waals surface area contributed by atoms with Gasteiger partial charge in [0, 0.05) is 6.04 Å². The van der Waals surface area contributed by atoms with Gasteiger partial charge in [-0.1, -0.05) is 6.42 Å². The summed E-state index contributed by atoms with van der Waals surface area (Å²) in [4.78, 5) is 24.4. The van der Waals surface area contributed by atoms with E-state index < -0.39 is 5.97 Å². The van der Waals surface area contributed by atoms with Crippen LogP contribution in [0.2, 0.25) is 0 Å². The molecule has 1 heterocycles. The Morgan fingerprint density at radius 3 is 2.47 bits per heavy atom. The third kappa shape index (κ3) is 2.97. The molecule has 3 N–H and O–H groups in total. The number of nitrogens with zero attached hydrogens (tertiary/aromatic N) is 1. The molecule has 17 heavy (non-hydrogen) atoms. The Kier molecular flexibility index (Phi) is 3.66. The summed E-state index contributed by atoms with van der Waals surface area (Å²) in [6.45, 7) is 0.999. The summed E-state index contributed by atoms with van der Waals surface area (Å²) >= 11 is 0. The first-order valence-electron chi connectivity index (χ1n) is 6.34. The predicted octanol–water partition coefficient (Wildman–Crippen LogP) is 0.437. The second-order valence-corrected chi connectivity index (χ2v) is 5.21. The van der Waals surface area contributed by atoms with E-state index in [1.54, 1.807) is 0 Å². The van der Waals surface area contributed by atoms with Crippen LogP contribution in [0.15, 0.2) is 0 Å². The molecular formula is C12H20N2O3. The number of primary amides is 1. The lowest BCUT2D eigenvalue weighted by Crippen LogP contribution is -2.47. The Labute approximate surface area is 101 Å². The highest BCUT2D eigenvalue weighted by Gasteiger charge is 2.44. The average molecular weight is 240 g/mol. The van der Waals surface area contributed by atoms with Crippen molar-refractivity contribution in [1.29, 1.82) is 0 Å². The lowest BCUT2D eigenvalue weighted by Gasteiger charge is -2.32. The minimum Gasteiger partial charge on any atom is -0.481 e. The van der Waals surface area contributed by atoms with Gasteiger partial charge in [-0.3, -0.25) is 14.5 Å². The molecule has 0 unspecified atom stereocenters. The van der Waals surface area contributed by atoms with Gasteiger partial charge in [0.15, 0.2) is 0 Å². The fourth-order valence-corrected chi connectivity index (χ4v) is 2.97. The quantitative estimate of drug-likeness (QED) is 0.746. The Balaban J connectivity index is 2.15. The number of nitrogens with two attached hydrogens (primary N) is 1. The summed E-state index contributed by atoms with van der Waals surface area (Å²) in [7, 11) is 0. The van der Waals surface area contributed by atoms with Crippen molar-refractivity contribution in [1.82, 2.24) is 4.90 Å². The second-order valence-electron chi connectivity index (χ2n) is 5.21. The molecule has 2 atom stereocenters. The lowest BCUT2D eigenvalue weighted by molar-refractivity contribution is -0.145. The van der Waals surface area contributed by atoms with Crippen LogP contribution >= 0.6 is 0 Å². The Morgan fingerprint density at radius 2 is 1.94 bits per heavy atom. The van der Waals surface area contributed by atoms with Crippen molar-refractivity contribution in [2.24, 2.45) is 17.6 Å². The molecule has 96 valence electrons. The smallest absolute Gasteiger partial charge is 0.308 e. The highest BCUT2D eigenvalue weighted by molar-refractivity contribution is 5.76. The lowest BCUT2D eigenvalue weighted by atomic mass is 9.91. The Hall–Kier alpha value is -1.10. The van der Waals surface area contributed by atoms with E-state index in [0.29, 0.717) is 5.92 Å². The summed E-state index contributed by atoms with van der Waals surface area (Å²) < 4.78 is 0. The van der Waals surface area contributed by atoms with E-state index in [1.807, 2.05) is 4.90 Å². The zero-order valence-electron chi connectivity index (χ0n) is 9.97. The monoisotopic (exact) mass is 240 g/mol. The molecule has 1 saturated heterocycles. The van der Waals surface area contributed by atoms with Crippen molar-refractivity contribution < 1.29 is 14.7 Å². The van der Waals surface area contributed by atoms with Gasteiger partial charge in [0.05, 0.1) is 12.5 Å². The maximum atomic E-state index is 11.3. The zero-order chi connectivity index (χ0) is 12.4. The van der Waals surface area contributed by atoms with E-state index in [9.17, 15) is 14.7 Å². The molecule has 2 fully saturated rings. The summed E-state index contributed by atoms with van der Waals surface area (Å²) in [5, 5.41) is 9.32. The molecule has 0 aromatic carbocycles. The van der Waals surface area contributed by atoms with Gasteiger partial charge in [-0.25, -0.2) is 0 Å². The van der Waals surface area contributed by atoms with Crippen LogP contribution in [0.25, 0.3) is 0 Å². The third-order valence-corrected chi connectivity index (χ3v) is 3.83. The van der Waals surface area contributed by atoms with Gasteiger partial charge in [0.25, 0.3) is 0 Å². The summed E-state index contributed by atoms with van der Waals surface area (Å²) in [5.74, 6) is -0.960. The first-order chi connectivity index (χ1) is 8.09. The molecule has 1 aliphatic heterocycles. The fourth-order valence-electron chi connectivity index (χ4n) is 2.97. The number of aliphatic carboxylic acids is 1. The molecule has 0 bridgehead atoms. The molecule has 0 aromatic heterocycles. The minimum absolute atomic E-state index is 0.0162. The highest BCUT2D eigenvalue weighted by Crippen LogP contribution is 2.41. The molecular weight excluding hydrogens is 220 g/mol. The predicted molar refractivity (Wildman–Crippen MR) is 62.3 cm³/mol.